The first kappa shape index (κ1) is 63.4. The Morgan fingerprint density at radius 2 is 0.872 bits per heavy atom. The lowest BCUT2D eigenvalue weighted by Crippen LogP contribution is -2.32. The van der Waals surface area contributed by atoms with Gasteiger partial charge in [-0.3, -0.25) is 14.5 Å². The third-order valence-corrected chi connectivity index (χ3v) is 12.4. The van der Waals surface area contributed by atoms with Crippen molar-refractivity contribution < 1.29 is 62.2 Å². The van der Waals surface area contributed by atoms with Crippen molar-refractivity contribution in [2.75, 3.05) is 52.7 Å². The van der Waals surface area contributed by atoms with Crippen molar-refractivity contribution in [3.8, 4) is 45.3 Å². The van der Waals surface area contributed by atoms with Crippen LogP contribution in [0.3, 0.4) is 0 Å². The second kappa shape index (κ2) is 37.6. The summed E-state index contributed by atoms with van der Waals surface area (Å²) in [7, 11) is 0. The molecule has 0 radical (unpaired) electrons. The molecular weight excluding hydrogens is 991 g/mol. The molecule has 14 nitrogen and oxygen atoms in total. The quantitative estimate of drug-likeness (QED) is 0.0147. The number of carbonyl (C=O) groups excluding carboxylic acids is 4. The van der Waals surface area contributed by atoms with Crippen LogP contribution in [0.4, 0.5) is 0 Å². The van der Waals surface area contributed by atoms with Gasteiger partial charge in [0, 0.05) is 30.8 Å². The van der Waals surface area contributed by atoms with Crippen LogP contribution in [-0.2, 0) is 51.0 Å². The smallest absolute Gasteiger partial charge is 0.338 e. The fourth-order valence-electron chi connectivity index (χ4n) is 7.88. The number of hydrogen-bond acceptors (Lipinski definition) is 14. The number of aryl methyl sites for hydroxylation is 2. The SMILES string of the molecule is C=C(C)C(=O)O/C=C\Oc1cc(-c2ccc(CCCCC)cc2)ccc1OCCCCCOC(=O)CCN(CCO)CCC(=O)OCCCCCOc1ccc(-c2ccc(CCCCC)cc2)cc1O/C=C\OC(=O)C(=C)C. The fraction of sp³-hybridized carbons (Fsp3) is 0.438. The number of benzene rings is 4. The maximum absolute atomic E-state index is 12.6. The molecule has 0 amide bonds. The van der Waals surface area contributed by atoms with Crippen LogP contribution in [-0.4, -0.2) is 86.6 Å². The third kappa shape index (κ3) is 25.3. The van der Waals surface area contributed by atoms with Gasteiger partial charge in [0.2, 0.25) is 0 Å². The molecule has 0 aliphatic rings. The number of nitrogens with zero attached hydrogens (tertiary/aromatic N) is 1. The van der Waals surface area contributed by atoms with Crippen molar-refractivity contribution in [3.63, 3.8) is 0 Å². The summed E-state index contributed by atoms with van der Waals surface area (Å²) < 4.78 is 45.0. The molecule has 0 unspecified atom stereocenters. The Labute approximate surface area is 463 Å². The van der Waals surface area contributed by atoms with Gasteiger partial charge in [-0.05, 0) is 136 Å². The molecule has 78 heavy (non-hydrogen) atoms. The van der Waals surface area contributed by atoms with Gasteiger partial charge in [-0.2, -0.15) is 0 Å². The van der Waals surface area contributed by atoms with Crippen molar-refractivity contribution >= 4 is 23.9 Å². The van der Waals surface area contributed by atoms with E-state index in [0.29, 0.717) is 81.5 Å². The van der Waals surface area contributed by atoms with E-state index in [1.165, 1.54) is 74.7 Å². The minimum atomic E-state index is -0.554. The van der Waals surface area contributed by atoms with Gasteiger partial charge < -0.3 is 43.0 Å². The molecule has 0 spiro atoms. The van der Waals surface area contributed by atoms with Crippen molar-refractivity contribution in [2.45, 2.75) is 130 Å². The zero-order chi connectivity index (χ0) is 56.2. The summed E-state index contributed by atoms with van der Waals surface area (Å²) in [6.45, 7) is 16.9. The molecule has 1 N–H and O–H groups in total. The molecule has 14 heteroatoms. The zero-order valence-electron chi connectivity index (χ0n) is 46.6. The van der Waals surface area contributed by atoms with Crippen LogP contribution in [0.15, 0.2) is 134 Å². The molecule has 0 aliphatic carbocycles. The normalized spacial score (nSPS) is 11.2. The second-order valence-electron chi connectivity index (χ2n) is 19.1. The maximum atomic E-state index is 12.6. The summed E-state index contributed by atoms with van der Waals surface area (Å²) >= 11 is 0. The summed E-state index contributed by atoms with van der Waals surface area (Å²) in [6.07, 6.45) is 18.6. The summed E-state index contributed by atoms with van der Waals surface area (Å²) in [5, 5.41) is 9.64. The topological polar surface area (TPSA) is 166 Å². The summed E-state index contributed by atoms with van der Waals surface area (Å²) in [5.74, 6) is 0.174. The number of carbonyl (C=O) groups is 4. The summed E-state index contributed by atoms with van der Waals surface area (Å²) in [6, 6.07) is 28.5. The average molecular weight is 1070 g/mol. The van der Waals surface area contributed by atoms with E-state index in [2.05, 4.69) is 75.5 Å². The standard InChI is InChI=1S/C64H83NO13/c1-7-9-13-19-51-21-25-53(26-22-51)55-29-31-57(59(47-55)73-43-45-77-63(69)49(3)4)71-39-15-11-17-41-75-61(67)33-35-65(37-38-66)36-34-62(68)76-42-18-12-16-40-72-58-32-30-56(48-60(58)74-44-46-78-64(70)50(5)6)54-27-23-52(24-28-54)20-14-10-8-2/h21-32,43-48,66H,3,5,7-20,33-42H2,1-2,4,6H3/b45-43-,46-44-. The molecule has 0 atom stereocenters. The van der Waals surface area contributed by atoms with Crippen molar-refractivity contribution in [2.24, 2.45) is 0 Å². The number of esters is 4. The van der Waals surface area contributed by atoms with Gasteiger partial charge in [0.05, 0.1) is 45.9 Å². The highest BCUT2D eigenvalue weighted by Crippen LogP contribution is 2.35. The van der Waals surface area contributed by atoms with E-state index >= 15 is 0 Å². The number of unbranched alkanes of at least 4 members (excludes halogenated alkanes) is 8. The lowest BCUT2D eigenvalue weighted by molar-refractivity contribution is -0.144. The lowest BCUT2D eigenvalue weighted by atomic mass is 10.0. The van der Waals surface area contributed by atoms with Gasteiger partial charge in [0.15, 0.2) is 23.0 Å². The Morgan fingerprint density at radius 1 is 0.474 bits per heavy atom. The maximum Gasteiger partial charge on any atom is 0.338 e. The first-order valence-corrected chi connectivity index (χ1v) is 27.6. The van der Waals surface area contributed by atoms with Gasteiger partial charge >= 0.3 is 23.9 Å². The summed E-state index contributed by atoms with van der Waals surface area (Å²) in [4.78, 5) is 50.7. The Morgan fingerprint density at radius 3 is 1.26 bits per heavy atom. The Bertz CT molecular complexity index is 2340. The number of aliphatic hydroxyl groups is 1. The van der Waals surface area contributed by atoms with Crippen LogP contribution < -0.4 is 18.9 Å². The Balaban J connectivity index is 1.12. The van der Waals surface area contributed by atoms with Crippen molar-refractivity contribution in [1.82, 2.24) is 4.90 Å². The van der Waals surface area contributed by atoms with Crippen molar-refractivity contribution in [1.29, 1.82) is 0 Å². The van der Waals surface area contributed by atoms with Crippen LogP contribution in [0.5, 0.6) is 23.0 Å². The Kier molecular flexibility index (Phi) is 30.5. The van der Waals surface area contributed by atoms with E-state index in [-0.39, 0.29) is 55.7 Å². The molecular formula is C64H83NO13. The molecule has 4 rings (SSSR count). The average Bonchev–Trinajstić information content (AvgIpc) is 3.45. The number of aliphatic hydroxyl groups excluding tert-OH is 1. The Hall–Kier alpha value is -7.16. The highest BCUT2D eigenvalue weighted by Gasteiger charge is 2.14. The van der Waals surface area contributed by atoms with E-state index in [4.69, 9.17) is 37.9 Å². The molecule has 0 fully saturated rings. The molecule has 422 valence electrons. The molecule has 0 saturated heterocycles. The molecule has 4 aromatic carbocycles. The van der Waals surface area contributed by atoms with Crippen LogP contribution in [0, 0.1) is 0 Å². The number of hydrogen-bond donors (Lipinski definition) is 1. The molecule has 0 aromatic heterocycles. The summed E-state index contributed by atoms with van der Waals surface area (Å²) in [5.41, 5.74) is 7.12. The molecule has 0 bridgehead atoms. The largest absolute Gasteiger partial charge is 0.490 e. The van der Waals surface area contributed by atoms with E-state index in [1.807, 2.05) is 41.3 Å². The monoisotopic (exact) mass is 1070 g/mol. The molecule has 4 aromatic rings. The van der Waals surface area contributed by atoms with E-state index in [1.54, 1.807) is 13.8 Å². The first-order chi connectivity index (χ1) is 37.9. The fourth-order valence-corrected chi connectivity index (χ4v) is 7.88. The highest BCUT2D eigenvalue weighted by atomic mass is 16.6. The molecule has 0 aliphatic heterocycles. The van der Waals surface area contributed by atoms with E-state index in [0.717, 1.165) is 47.9 Å². The van der Waals surface area contributed by atoms with E-state index in [9.17, 15) is 24.3 Å². The predicted octanol–water partition coefficient (Wildman–Crippen LogP) is 13.4. The number of ether oxygens (including phenoxy) is 8. The first-order valence-electron chi connectivity index (χ1n) is 27.6. The highest BCUT2D eigenvalue weighted by molar-refractivity contribution is 5.87. The van der Waals surface area contributed by atoms with Crippen LogP contribution in [0.2, 0.25) is 0 Å². The third-order valence-electron chi connectivity index (χ3n) is 12.4. The van der Waals surface area contributed by atoms with Crippen LogP contribution in [0.1, 0.15) is 129 Å². The van der Waals surface area contributed by atoms with Crippen molar-refractivity contribution in [3.05, 3.63) is 145 Å². The van der Waals surface area contributed by atoms with Crippen LogP contribution >= 0.6 is 0 Å². The van der Waals surface area contributed by atoms with Crippen LogP contribution in [0.25, 0.3) is 22.3 Å². The minimum absolute atomic E-state index is 0.118. The van der Waals surface area contributed by atoms with Gasteiger partial charge in [0.1, 0.15) is 25.0 Å². The second-order valence-corrected chi connectivity index (χ2v) is 19.1. The molecule has 0 saturated carbocycles. The lowest BCUT2D eigenvalue weighted by Gasteiger charge is -2.20. The predicted molar refractivity (Wildman–Crippen MR) is 305 cm³/mol. The number of rotatable bonds is 40. The molecule has 0 heterocycles. The van der Waals surface area contributed by atoms with E-state index < -0.39 is 11.9 Å². The van der Waals surface area contributed by atoms with Gasteiger partial charge in [0.25, 0.3) is 0 Å². The van der Waals surface area contributed by atoms with Gasteiger partial charge in [-0.1, -0.05) is 113 Å². The zero-order valence-corrected chi connectivity index (χ0v) is 46.6. The minimum Gasteiger partial charge on any atom is -0.490 e. The van der Waals surface area contributed by atoms with Gasteiger partial charge in [-0.15, -0.1) is 0 Å². The van der Waals surface area contributed by atoms with Gasteiger partial charge in [-0.25, -0.2) is 9.59 Å².